The van der Waals surface area contributed by atoms with Crippen LogP contribution in [0.15, 0.2) is 70.8 Å². The van der Waals surface area contributed by atoms with Crippen LogP contribution in [0.2, 0.25) is 0 Å². The molecule has 1 saturated heterocycles. The third-order valence-corrected chi connectivity index (χ3v) is 6.30. The molecule has 4 amide bonds. The first kappa shape index (κ1) is 28.3. The van der Waals surface area contributed by atoms with Gasteiger partial charge in [0, 0.05) is 17.8 Å². The summed E-state index contributed by atoms with van der Waals surface area (Å²) in [5.41, 5.74) is 2.59. The van der Waals surface area contributed by atoms with E-state index in [4.69, 9.17) is 9.47 Å². The highest BCUT2D eigenvalue weighted by Gasteiger charge is 2.35. The molecule has 3 aromatic rings. The van der Waals surface area contributed by atoms with E-state index >= 15 is 0 Å². The van der Waals surface area contributed by atoms with E-state index in [9.17, 15) is 24.5 Å². The van der Waals surface area contributed by atoms with Gasteiger partial charge in [0.2, 0.25) is 5.91 Å². The van der Waals surface area contributed by atoms with Gasteiger partial charge in [-0.25, -0.2) is 9.69 Å². The number of benzene rings is 3. The van der Waals surface area contributed by atoms with Crippen LogP contribution < -0.4 is 20.1 Å². The van der Waals surface area contributed by atoms with Crippen LogP contribution in [-0.4, -0.2) is 40.8 Å². The molecule has 0 saturated carbocycles. The summed E-state index contributed by atoms with van der Waals surface area (Å²) < 4.78 is 12.2. The first-order chi connectivity index (χ1) is 19.1. The molecule has 1 aliphatic rings. The first-order valence-electron chi connectivity index (χ1n) is 12.2. The minimum absolute atomic E-state index is 0.00651. The van der Waals surface area contributed by atoms with Gasteiger partial charge in [0.15, 0.2) is 11.5 Å². The Morgan fingerprint density at radius 3 is 2.62 bits per heavy atom. The van der Waals surface area contributed by atoms with Crippen LogP contribution in [0.1, 0.15) is 23.6 Å². The Bertz CT molecular complexity index is 1520. The highest BCUT2D eigenvalue weighted by atomic mass is 79.9. The smallest absolute Gasteiger partial charge is 0.329 e. The number of nitro benzene ring substituents is 1. The number of carbonyl (C=O) groups excluding carboxylic acids is 3. The van der Waals surface area contributed by atoms with Crippen molar-refractivity contribution in [1.82, 2.24) is 10.2 Å². The van der Waals surface area contributed by atoms with Gasteiger partial charge in [-0.1, -0.05) is 24.3 Å². The molecule has 12 heteroatoms. The zero-order valence-electron chi connectivity index (χ0n) is 21.6. The highest BCUT2D eigenvalue weighted by molar-refractivity contribution is 9.10. The number of hydrogen-bond donors (Lipinski definition) is 2. The third kappa shape index (κ3) is 6.83. The Labute approximate surface area is 238 Å². The lowest BCUT2D eigenvalue weighted by atomic mass is 10.1. The molecule has 3 aromatic carbocycles. The SMILES string of the molecule is CCOc1cc(/C=C2/NC(=O)N(CC(=O)Nc3cccc(C)c3)C2=O)cc(Br)c1OCc1cccc([N+](=O)[O-])c1. The lowest BCUT2D eigenvalue weighted by Crippen LogP contribution is -2.38. The molecular weight excluding hydrogens is 584 g/mol. The van der Waals surface area contributed by atoms with Crippen molar-refractivity contribution in [2.24, 2.45) is 0 Å². The Hall–Kier alpha value is -4.71. The van der Waals surface area contributed by atoms with E-state index < -0.39 is 29.3 Å². The van der Waals surface area contributed by atoms with Gasteiger partial charge in [0.05, 0.1) is 16.0 Å². The number of imide groups is 1. The monoisotopic (exact) mass is 608 g/mol. The summed E-state index contributed by atoms with van der Waals surface area (Å²) in [7, 11) is 0. The van der Waals surface area contributed by atoms with Crippen molar-refractivity contribution in [3.8, 4) is 11.5 Å². The number of rotatable bonds is 10. The molecule has 11 nitrogen and oxygen atoms in total. The van der Waals surface area contributed by atoms with Crippen LogP contribution >= 0.6 is 15.9 Å². The molecule has 0 atom stereocenters. The fourth-order valence-corrected chi connectivity index (χ4v) is 4.51. The van der Waals surface area contributed by atoms with E-state index in [1.54, 1.807) is 49.4 Å². The molecule has 1 aliphatic heterocycles. The quantitative estimate of drug-likeness (QED) is 0.140. The molecule has 206 valence electrons. The van der Waals surface area contributed by atoms with Crippen molar-refractivity contribution in [2.75, 3.05) is 18.5 Å². The Balaban J connectivity index is 1.49. The zero-order chi connectivity index (χ0) is 28.8. The van der Waals surface area contributed by atoms with Crippen molar-refractivity contribution < 1.29 is 28.8 Å². The van der Waals surface area contributed by atoms with Crippen molar-refractivity contribution in [3.63, 3.8) is 0 Å². The Morgan fingerprint density at radius 2 is 1.90 bits per heavy atom. The van der Waals surface area contributed by atoms with E-state index in [1.165, 1.54) is 18.2 Å². The number of aryl methyl sites for hydroxylation is 1. The second kappa shape index (κ2) is 12.4. The molecule has 0 radical (unpaired) electrons. The number of nitro groups is 1. The number of anilines is 1. The van der Waals surface area contributed by atoms with Gasteiger partial charge in [-0.2, -0.15) is 0 Å². The summed E-state index contributed by atoms with van der Waals surface area (Å²) in [4.78, 5) is 49.3. The molecule has 0 aliphatic carbocycles. The van der Waals surface area contributed by atoms with E-state index in [2.05, 4.69) is 26.6 Å². The number of halogens is 1. The molecule has 4 rings (SSSR count). The summed E-state index contributed by atoms with van der Waals surface area (Å²) in [6, 6.07) is 15.9. The average Bonchev–Trinajstić information content (AvgIpc) is 3.15. The fraction of sp³-hybridized carbons (Fsp3) is 0.179. The number of non-ortho nitro benzene ring substituents is 1. The van der Waals surface area contributed by atoms with Crippen LogP contribution in [0.3, 0.4) is 0 Å². The molecule has 1 heterocycles. The van der Waals surface area contributed by atoms with Gasteiger partial charge in [-0.15, -0.1) is 0 Å². The van der Waals surface area contributed by atoms with Crippen LogP contribution in [0.4, 0.5) is 16.2 Å². The zero-order valence-corrected chi connectivity index (χ0v) is 23.2. The van der Waals surface area contributed by atoms with Crippen molar-refractivity contribution in [2.45, 2.75) is 20.5 Å². The van der Waals surface area contributed by atoms with Crippen molar-refractivity contribution in [1.29, 1.82) is 0 Å². The third-order valence-electron chi connectivity index (χ3n) is 5.71. The van der Waals surface area contributed by atoms with Crippen LogP contribution in [-0.2, 0) is 16.2 Å². The number of hydrogen-bond acceptors (Lipinski definition) is 7. The molecule has 0 bridgehead atoms. The van der Waals surface area contributed by atoms with Crippen LogP contribution in [0.25, 0.3) is 6.08 Å². The van der Waals surface area contributed by atoms with E-state index in [-0.39, 0.29) is 18.0 Å². The first-order valence-corrected chi connectivity index (χ1v) is 13.0. The van der Waals surface area contributed by atoms with Crippen molar-refractivity contribution >= 4 is 51.2 Å². The summed E-state index contributed by atoms with van der Waals surface area (Å²) in [5.74, 6) is -0.432. The van der Waals surface area contributed by atoms with E-state index in [1.807, 2.05) is 13.0 Å². The number of nitrogens with zero attached hydrogens (tertiary/aromatic N) is 2. The lowest BCUT2D eigenvalue weighted by molar-refractivity contribution is -0.384. The number of amides is 4. The predicted octanol–water partition coefficient (Wildman–Crippen LogP) is 5.17. The van der Waals surface area contributed by atoms with Crippen LogP contribution in [0.5, 0.6) is 11.5 Å². The summed E-state index contributed by atoms with van der Waals surface area (Å²) in [6.07, 6.45) is 1.47. The standard InChI is InChI=1S/C28H25BrN4O7/c1-3-39-24-14-19(12-22(29)26(24)40-16-18-7-5-9-21(11-18)33(37)38)13-23-27(35)32(28(36)31-23)15-25(34)30-20-8-4-6-17(2)10-20/h4-14H,3,15-16H2,1-2H3,(H,30,34)(H,31,36)/b23-13+. The molecule has 2 N–H and O–H groups in total. The van der Waals surface area contributed by atoms with Gasteiger partial charge < -0.3 is 20.1 Å². The fourth-order valence-electron chi connectivity index (χ4n) is 3.94. The maximum absolute atomic E-state index is 12.9. The molecule has 0 aromatic heterocycles. The maximum Gasteiger partial charge on any atom is 0.329 e. The average molecular weight is 609 g/mol. The van der Waals surface area contributed by atoms with Gasteiger partial charge in [-0.3, -0.25) is 19.7 Å². The predicted molar refractivity (Wildman–Crippen MR) is 151 cm³/mol. The van der Waals surface area contributed by atoms with Crippen molar-refractivity contribution in [3.05, 3.63) is 97.6 Å². The lowest BCUT2D eigenvalue weighted by Gasteiger charge is -2.15. The Morgan fingerprint density at radius 1 is 1.12 bits per heavy atom. The number of carbonyl (C=O) groups is 3. The van der Waals surface area contributed by atoms with E-state index in [0.717, 1.165) is 10.5 Å². The van der Waals surface area contributed by atoms with Crippen LogP contribution in [0, 0.1) is 17.0 Å². The number of ether oxygens (including phenoxy) is 2. The summed E-state index contributed by atoms with van der Waals surface area (Å²) in [6.45, 7) is 3.60. The number of urea groups is 1. The van der Waals surface area contributed by atoms with Gasteiger partial charge >= 0.3 is 6.03 Å². The maximum atomic E-state index is 12.9. The largest absolute Gasteiger partial charge is 0.490 e. The molecule has 0 unspecified atom stereocenters. The topological polar surface area (TPSA) is 140 Å². The Kier molecular flexibility index (Phi) is 8.80. The normalized spacial score (nSPS) is 13.8. The molecular formula is C28H25BrN4O7. The van der Waals surface area contributed by atoms with E-state index in [0.29, 0.717) is 39.4 Å². The van der Waals surface area contributed by atoms with Gasteiger partial charge in [0.1, 0.15) is 18.8 Å². The molecule has 1 fully saturated rings. The minimum Gasteiger partial charge on any atom is -0.490 e. The second-order valence-electron chi connectivity index (χ2n) is 8.78. The molecule has 40 heavy (non-hydrogen) atoms. The molecule has 0 spiro atoms. The minimum atomic E-state index is -0.711. The van der Waals surface area contributed by atoms with Gasteiger partial charge in [-0.05, 0) is 76.8 Å². The highest BCUT2D eigenvalue weighted by Crippen LogP contribution is 2.38. The second-order valence-corrected chi connectivity index (χ2v) is 9.63. The summed E-state index contributed by atoms with van der Waals surface area (Å²) >= 11 is 3.46. The summed E-state index contributed by atoms with van der Waals surface area (Å²) in [5, 5.41) is 16.2. The number of nitrogens with one attached hydrogen (secondary N) is 2. The van der Waals surface area contributed by atoms with Gasteiger partial charge in [0.25, 0.3) is 11.6 Å².